The number of aliphatic hydroxyl groups excluding tert-OH is 1. The Morgan fingerprint density at radius 1 is 1.29 bits per heavy atom. The van der Waals surface area contributed by atoms with Crippen LogP contribution in [0, 0.1) is 0 Å². The molecule has 0 aromatic heterocycles. The van der Waals surface area contributed by atoms with Gasteiger partial charge < -0.3 is 19.9 Å². The van der Waals surface area contributed by atoms with Gasteiger partial charge in [0.15, 0.2) is 11.5 Å². The minimum absolute atomic E-state index is 0.268. The molecule has 4 nitrogen and oxygen atoms in total. The molecule has 0 saturated carbocycles. The van der Waals surface area contributed by atoms with Crippen LogP contribution in [0.15, 0.2) is 18.2 Å². The molecule has 2 N–H and O–H groups in total. The first-order chi connectivity index (χ1) is 10.3. The number of hydrogen-bond acceptors (Lipinski definition) is 5. The fourth-order valence-corrected chi connectivity index (χ4v) is 3.28. The highest BCUT2D eigenvalue weighted by molar-refractivity contribution is 7.99. The average Bonchev–Trinajstić information content (AvgIpc) is 2.54. The molecule has 2 rings (SSSR count). The highest BCUT2D eigenvalue weighted by Gasteiger charge is 2.16. The number of aliphatic hydroxyl groups is 1. The summed E-state index contributed by atoms with van der Waals surface area (Å²) < 4.78 is 11.2. The van der Waals surface area contributed by atoms with Crippen LogP contribution in [0.2, 0.25) is 0 Å². The topological polar surface area (TPSA) is 50.7 Å². The van der Waals surface area contributed by atoms with E-state index in [0.29, 0.717) is 19.3 Å². The van der Waals surface area contributed by atoms with E-state index in [1.807, 2.05) is 17.8 Å². The number of rotatable bonds is 9. The van der Waals surface area contributed by atoms with Crippen LogP contribution < -0.4 is 14.8 Å². The van der Waals surface area contributed by atoms with Crippen molar-refractivity contribution in [2.24, 2.45) is 0 Å². The quantitative estimate of drug-likeness (QED) is 0.687. The summed E-state index contributed by atoms with van der Waals surface area (Å²) in [6, 6.07) is 6.52. The molecule has 1 aromatic rings. The second-order valence-electron chi connectivity index (χ2n) is 5.06. The summed E-state index contributed by atoms with van der Waals surface area (Å²) in [6.45, 7) is 4.69. The maximum atomic E-state index is 8.86. The number of ether oxygens (including phenoxy) is 2. The first-order valence-electron chi connectivity index (χ1n) is 7.66. The van der Waals surface area contributed by atoms with Crippen molar-refractivity contribution in [2.45, 2.75) is 25.8 Å². The summed E-state index contributed by atoms with van der Waals surface area (Å²) >= 11 is 1.87. The smallest absolute Gasteiger partial charge is 0.161 e. The molecule has 5 heteroatoms. The molecule has 0 bridgehead atoms. The van der Waals surface area contributed by atoms with E-state index in [9.17, 15) is 0 Å². The minimum atomic E-state index is 0.268. The second kappa shape index (κ2) is 9.18. The summed E-state index contributed by atoms with van der Waals surface area (Å²) in [4.78, 5) is 0. The van der Waals surface area contributed by atoms with Gasteiger partial charge in [0.1, 0.15) is 13.2 Å². The molecule has 1 aliphatic rings. The van der Waals surface area contributed by atoms with E-state index >= 15 is 0 Å². The predicted octanol–water partition coefficient (Wildman–Crippen LogP) is 2.61. The lowest BCUT2D eigenvalue weighted by Gasteiger charge is -2.23. The van der Waals surface area contributed by atoms with E-state index in [0.717, 1.165) is 42.4 Å². The Hall–Kier alpha value is -0.910. The van der Waals surface area contributed by atoms with E-state index < -0.39 is 0 Å². The Labute approximate surface area is 131 Å². The summed E-state index contributed by atoms with van der Waals surface area (Å²) in [5.74, 6) is 3.68. The third kappa shape index (κ3) is 5.09. The molecule has 0 saturated heterocycles. The number of fused-ring (bicyclic) bond motifs is 1. The number of hydrogen-bond donors (Lipinski definition) is 2. The Balaban J connectivity index is 2.00. The average molecular weight is 311 g/mol. The highest BCUT2D eigenvalue weighted by atomic mass is 32.2. The van der Waals surface area contributed by atoms with Crippen LogP contribution in [0.5, 0.6) is 11.5 Å². The summed E-state index contributed by atoms with van der Waals surface area (Å²) in [7, 11) is 0. The van der Waals surface area contributed by atoms with Gasteiger partial charge in [0.2, 0.25) is 0 Å². The fourth-order valence-electron chi connectivity index (χ4n) is 2.24. The van der Waals surface area contributed by atoms with Crippen LogP contribution in [0.1, 0.15) is 31.4 Å². The molecule has 0 radical (unpaired) electrons. The van der Waals surface area contributed by atoms with Crippen molar-refractivity contribution in [1.29, 1.82) is 0 Å². The normalized spacial score (nSPS) is 15.0. The van der Waals surface area contributed by atoms with Crippen LogP contribution in [0.4, 0.5) is 0 Å². The van der Waals surface area contributed by atoms with Gasteiger partial charge in [0.25, 0.3) is 0 Å². The van der Waals surface area contributed by atoms with Gasteiger partial charge in [0, 0.05) is 18.4 Å². The molecule has 0 spiro atoms. The Bertz CT molecular complexity index is 428. The summed E-state index contributed by atoms with van der Waals surface area (Å²) in [6.07, 6.45) is 1.97. The van der Waals surface area contributed by atoms with Crippen molar-refractivity contribution < 1.29 is 14.6 Å². The third-order valence-electron chi connectivity index (χ3n) is 3.34. The van der Waals surface area contributed by atoms with Crippen LogP contribution >= 0.6 is 11.8 Å². The van der Waals surface area contributed by atoms with Crippen LogP contribution in [0.3, 0.4) is 0 Å². The van der Waals surface area contributed by atoms with Crippen molar-refractivity contribution >= 4 is 11.8 Å². The molecule has 1 unspecified atom stereocenters. The van der Waals surface area contributed by atoms with Gasteiger partial charge in [-0.1, -0.05) is 13.0 Å². The first kappa shape index (κ1) is 16.5. The van der Waals surface area contributed by atoms with Crippen molar-refractivity contribution in [1.82, 2.24) is 5.32 Å². The number of thioether (sulfide) groups is 1. The van der Waals surface area contributed by atoms with Gasteiger partial charge in [-0.05, 0) is 42.8 Å². The van der Waals surface area contributed by atoms with Crippen LogP contribution in [0.25, 0.3) is 0 Å². The molecule has 118 valence electrons. The first-order valence-corrected chi connectivity index (χ1v) is 8.82. The summed E-state index contributed by atoms with van der Waals surface area (Å²) in [5.41, 5.74) is 1.24. The van der Waals surface area contributed by atoms with Crippen molar-refractivity contribution in [3.8, 4) is 11.5 Å². The number of benzene rings is 1. The molecule has 1 heterocycles. The maximum absolute atomic E-state index is 8.86. The van der Waals surface area contributed by atoms with E-state index in [4.69, 9.17) is 14.6 Å². The highest BCUT2D eigenvalue weighted by Crippen LogP contribution is 2.33. The third-order valence-corrected chi connectivity index (χ3v) is 4.49. The van der Waals surface area contributed by atoms with Gasteiger partial charge in [-0.15, -0.1) is 0 Å². The van der Waals surface area contributed by atoms with Crippen molar-refractivity contribution in [3.63, 3.8) is 0 Å². The fraction of sp³-hybridized carbons (Fsp3) is 0.625. The maximum Gasteiger partial charge on any atom is 0.161 e. The van der Waals surface area contributed by atoms with Gasteiger partial charge in [-0.25, -0.2) is 0 Å². The molecule has 21 heavy (non-hydrogen) atoms. The van der Waals surface area contributed by atoms with Gasteiger partial charge in [0.05, 0.1) is 0 Å². The standard InChI is InChI=1S/C16H25NO3S/c1-2-6-17-14(12-21-10-3-7-18)13-4-5-15-16(11-13)20-9-8-19-15/h4-5,11,14,17-18H,2-3,6-10,12H2,1H3. The Morgan fingerprint density at radius 3 is 2.86 bits per heavy atom. The SMILES string of the molecule is CCCNC(CSCCCO)c1ccc2c(c1)OCCO2. The van der Waals surface area contributed by atoms with E-state index in [1.54, 1.807) is 0 Å². The number of nitrogens with one attached hydrogen (secondary N) is 1. The zero-order chi connectivity index (χ0) is 14.9. The molecule has 0 amide bonds. The zero-order valence-corrected chi connectivity index (χ0v) is 13.5. The van der Waals surface area contributed by atoms with Crippen LogP contribution in [-0.2, 0) is 0 Å². The molecular weight excluding hydrogens is 286 g/mol. The van der Waals surface area contributed by atoms with E-state index in [2.05, 4.69) is 24.4 Å². The largest absolute Gasteiger partial charge is 0.486 e. The molecule has 1 aliphatic heterocycles. The Kier molecular flexibility index (Phi) is 7.19. The predicted molar refractivity (Wildman–Crippen MR) is 87.5 cm³/mol. The van der Waals surface area contributed by atoms with Crippen LogP contribution in [-0.4, -0.2) is 43.0 Å². The van der Waals surface area contributed by atoms with Gasteiger partial charge in [-0.2, -0.15) is 11.8 Å². The van der Waals surface area contributed by atoms with E-state index in [-0.39, 0.29) is 6.61 Å². The summed E-state index contributed by atoms with van der Waals surface area (Å²) in [5, 5.41) is 12.5. The lowest BCUT2D eigenvalue weighted by molar-refractivity contribution is 0.171. The molecule has 1 atom stereocenters. The molecular formula is C16H25NO3S. The molecule has 0 aliphatic carbocycles. The van der Waals surface area contributed by atoms with Crippen molar-refractivity contribution in [3.05, 3.63) is 23.8 Å². The minimum Gasteiger partial charge on any atom is -0.486 e. The molecule has 1 aromatic carbocycles. The zero-order valence-electron chi connectivity index (χ0n) is 12.6. The lowest BCUT2D eigenvalue weighted by Crippen LogP contribution is -2.25. The Morgan fingerprint density at radius 2 is 2.10 bits per heavy atom. The molecule has 0 fully saturated rings. The van der Waals surface area contributed by atoms with E-state index in [1.165, 1.54) is 5.56 Å². The lowest BCUT2D eigenvalue weighted by atomic mass is 10.1. The monoisotopic (exact) mass is 311 g/mol. The van der Waals surface area contributed by atoms with Crippen molar-refractivity contribution in [2.75, 3.05) is 37.9 Å². The van der Waals surface area contributed by atoms with Gasteiger partial charge in [-0.3, -0.25) is 0 Å². The van der Waals surface area contributed by atoms with Gasteiger partial charge >= 0.3 is 0 Å². The second-order valence-corrected chi connectivity index (χ2v) is 6.21.